The number of nitrogens with zero attached hydrogens (tertiary/aromatic N) is 3. The number of guanidine groups is 1. The summed E-state index contributed by atoms with van der Waals surface area (Å²) in [6.07, 6.45) is 0. The van der Waals surface area contributed by atoms with Crippen LogP contribution in [0.5, 0.6) is 11.5 Å². The van der Waals surface area contributed by atoms with Crippen LogP contribution in [0.1, 0.15) is 24.1 Å². The molecule has 1 amide bonds. The first-order valence-corrected chi connectivity index (χ1v) is 9.95. The second-order valence-corrected chi connectivity index (χ2v) is 7.20. The molecule has 1 atom stereocenters. The minimum Gasteiger partial charge on any atom is -0.497 e. The van der Waals surface area contributed by atoms with Crippen LogP contribution in [0.15, 0.2) is 47.5 Å². The van der Waals surface area contributed by atoms with E-state index in [1.165, 1.54) is 17.0 Å². The van der Waals surface area contributed by atoms with Gasteiger partial charge >= 0.3 is 0 Å². The van der Waals surface area contributed by atoms with Gasteiger partial charge in [0.25, 0.3) is 5.69 Å². The van der Waals surface area contributed by atoms with Gasteiger partial charge < -0.3 is 25.0 Å². The first-order chi connectivity index (χ1) is 15.2. The van der Waals surface area contributed by atoms with Crippen LogP contribution in [-0.2, 0) is 11.3 Å². The van der Waals surface area contributed by atoms with Crippen LogP contribution in [0.3, 0.4) is 0 Å². The molecule has 10 nitrogen and oxygen atoms in total. The molecule has 1 unspecified atom stereocenters. The molecule has 2 N–H and O–H groups in total. The Labute approximate surface area is 187 Å². The van der Waals surface area contributed by atoms with E-state index in [1.54, 1.807) is 40.4 Å². The Morgan fingerprint density at radius 1 is 1.16 bits per heavy atom. The van der Waals surface area contributed by atoms with Crippen LogP contribution in [0.4, 0.5) is 5.69 Å². The summed E-state index contributed by atoms with van der Waals surface area (Å²) in [5, 5.41) is 17.2. The number of carbonyl (C=O) groups excluding carboxylic acids is 1. The number of nitro benzene ring substituents is 1. The van der Waals surface area contributed by atoms with Gasteiger partial charge in [0.15, 0.2) is 5.96 Å². The Kier molecular flexibility index (Phi) is 8.82. The normalized spacial score (nSPS) is 12.0. The van der Waals surface area contributed by atoms with Crippen molar-refractivity contribution in [1.29, 1.82) is 0 Å². The van der Waals surface area contributed by atoms with E-state index in [2.05, 4.69) is 15.6 Å². The molecule has 0 radical (unpaired) electrons. The quantitative estimate of drug-likeness (QED) is 0.265. The second kappa shape index (κ2) is 11.5. The van der Waals surface area contributed by atoms with Crippen molar-refractivity contribution in [3.05, 3.63) is 63.7 Å². The summed E-state index contributed by atoms with van der Waals surface area (Å²) < 4.78 is 10.8. The smallest absolute Gasteiger partial charge is 0.269 e. The van der Waals surface area contributed by atoms with Crippen LogP contribution in [0, 0.1) is 10.1 Å². The van der Waals surface area contributed by atoms with Crippen molar-refractivity contribution in [1.82, 2.24) is 15.5 Å². The van der Waals surface area contributed by atoms with E-state index in [4.69, 9.17) is 9.47 Å². The standard InChI is InChI=1S/C22H29N5O5/c1-15(19-12-18(31-4)10-11-20(19)32-5)25-22(24-14-21(28)26(2)3)23-13-16-6-8-17(9-7-16)27(29)30/h6-12,15H,13-14H2,1-5H3,(H2,23,24,25). The number of amides is 1. The van der Waals surface area contributed by atoms with Gasteiger partial charge in [-0.05, 0) is 30.7 Å². The highest BCUT2D eigenvalue weighted by molar-refractivity contribution is 5.86. The number of non-ortho nitro benzene ring substituents is 1. The summed E-state index contributed by atoms with van der Waals surface area (Å²) in [6.45, 7) is 2.26. The van der Waals surface area contributed by atoms with E-state index in [-0.39, 0.29) is 30.7 Å². The Morgan fingerprint density at radius 2 is 1.84 bits per heavy atom. The highest BCUT2D eigenvalue weighted by atomic mass is 16.6. The SMILES string of the molecule is COc1ccc(OC)c(C(C)NC(=NCc2ccc([N+](=O)[O-])cc2)NCC(=O)N(C)C)c1. The molecule has 172 valence electrons. The number of methoxy groups -OCH3 is 2. The molecular formula is C22H29N5O5. The predicted molar refractivity (Wildman–Crippen MR) is 122 cm³/mol. The topological polar surface area (TPSA) is 118 Å². The van der Waals surface area contributed by atoms with Gasteiger partial charge in [0, 0.05) is 31.8 Å². The summed E-state index contributed by atoms with van der Waals surface area (Å²) in [7, 11) is 6.54. The Hall–Kier alpha value is -3.82. The number of hydrogen-bond donors (Lipinski definition) is 2. The fourth-order valence-corrected chi connectivity index (χ4v) is 2.82. The molecule has 0 fully saturated rings. The van der Waals surface area contributed by atoms with Crippen LogP contribution in [-0.4, -0.2) is 56.5 Å². The molecule has 32 heavy (non-hydrogen) atoms. The molecule has 0 heterocycles. The molecule has 0 aliphatic carbocycles. The number of nitro groups is 1. The van der Waals surface area contributed by atoms with Gasteiger partial charge in [-0.3, -0.25) is 14.9 Å². The van der Waals surface area contributed by atoms with Crippen molar-refractivity contribution in [3.8, 4) is 11.5 Å². The minimum absolute atomic E-state index is 0.0181. The van der Waals surface area contributed by atoms with Crippen LogP contribution < -0.4 is 20.1 Å². The van der Waals surface area contributed by atoms with Crippen molar-refractivity contribution in [3.63, 3.8) is 0 Å². The Bertz CT molecular complexity index is 960. The maximum Gasteiger partial charge on any atom is 0.269 e. The van der Waals surface area contributed by atoms with Crippen molar-refractivity contribution in [2.75, 3.05) is 34.9 Å². The van der Waals surface area contributed by atoms with Crippen molar-refractivity contribution in [2.24, 2.45) is 4.99 Å². The molecule has 2 rings (SSSR count). The van der Waals surface area contributed by atoms with E-state index in [0.29, 0.717) is 17.5 Å². The highest BCUT2D eigenvalue weighted by Crippen LogP contribution is 2.29. The minimum atomic E-state index is -0.447. The van der Waals surface area contributed by atoms with Gasteiger partial charge in [0.2, 0.25) is 5.91 Å². The first-order valence-electron chi connectivity index (χ1n) is 9.95. The Balaban J connectivity index is 2.23. The molecular weight excluding hydrogens is 414 g/mol. The summed E-state index contributed by atoms with van der Waals surface area (Å²) in [6, 6.07) is 11.5. The highest BCUT2D eigenvalue weighted by Gasteiger charge is 2.15. The number of aliphatic imine (C=N–C) groups is 1. The molecule has 0 spiro atoms. The van der Waals surface area contributed by atoms with E-state index < -0.39 is 4.92 Å². The summed E-state index contributed by atoms with van der Waals surface area (Å²) in [5.74, 6) is 1.68. The lowest BCUT2D eigenvalue weighted by molar-refractivity contribution is -0.384. The third-order valence-corrected chi connectivity index (χ3v) is 4.73. The average Bonchev–Trinajstić information content (AvgIpc) is 2.79. The monoisotopic (exact) mass is 443 g/mol. The van der Waals surface area contributed by atoms with Gasteiger partial charge in [-0.2, -0.15) is 0 Å². The van der Waals surface area contributed by atoms with E-state index in [9.17, 15) is 14.9 Å². The van der Waals surface area contributed by atoms with Crippen LogP contribution in [0.25, 0.3) is 0 Å². The molecule has 0 aromatic heterocycles. The van der Waals surface area contributed by atoms with Gasteiger partial charge in [0.1, 0.15) is 11.5 Å². The second-order valence-electron chi connectivity index (χ2n) is 7.20. The summed E-state index contributed by atoms with van der Waals surface area (Å²) >= 11 is 0. The lowest BCUT2D eigenvalue weighted by Crippen LogP contribution is -2.43. The maximum absolute atomic E-state index is 12.0. The number of carbonyl (C=O) groups is 1. The van der Waals surface area contributed by atoms with Gasteiger partial charge in [-0.15, -0.1) is 0 Å². The molecule has 0 saturated heterocycles. The average molecular weight is 444 g/mol. The fraction of sp³-hybridized carbons (Fsp3) is 0.364. The third kappa shape index (κ3) is 6.86. The number of hydrogen-bond acceptors (Lipinski definition) is 6. The third-order valence-electron chi connectivity index (χ3n) is 4.73. The van der Waals surface area contributed by atoms with E-state index in [1.807, 2.05) is 25.1 Å². The lowest BCUT2D eigenvalue weighted by atomic mass is 10.1. The predicted octanol–water partition coefficient (Wildman–Crippen LogP) is 2.50. The zero-order chi connectivity index (χ0) is 23.7. The zero-order valence-corrected chi connectivity index (χ0v) is 18.9. The molecule has 0 saturated carbocycles. The number of rotatable bonds is 9. The molecule has 0 aliphatic heterocycles. The number of benzene rings is 2. The zero-order valence-electron chi connectivity index (χ0n) is 18.9. The maximum atomic E-state index is 12.0. The van der Waals surface area contributed by atoms with Crippen molar-refractivity contribution >= 4 is 17.6 Å². The fourth-order valence-electron chi connectivity index (χ4n) is 2.82. The molecule has 10 heteroatoms. The van der Waals surface area contributed by atoms with Gasteiger partial charge in [-0.1, -0.05) is 12.1 Å². The van der Waals surface area contributed by atoms with Crippen LogP contribution >= 0.6 is 0 Å². The van der Waals surface area contributed by atoms with E-state index in [0.717, 1.165) is 11.1 Å². The van der Waals surface area contributed by atoms with Gasteiger partial charge in [-0.25, -0.2) is 4.99 Å². The number of likely N-dealkylation sites (N-methyl/N-ethyl adjacent to an activating group) is 1. The number of nitrogens with one attached hydrogen (secondary N) is 2. The van der Waals surface area contributed by atoms with Crippen molar-refractivity contribution < 1.29 is 19.2 Å². The first kappa shape index (κ1) is 24.4. The number of ether oxygens (including phenoxy) is 2. The summed E-state index contributed by atoms with van der Waals surface area (Å²) in [5.41, 5.74) is 1.67. The summed E-state index contributed by atoms with van der Waals surface area (Å²) in [4.78, 5) is 28.5. The largest absolute Gasteiger partial charge is 0.497 e. The molecule has 2 aromatic rings. The van der Waals surface area contributed by atoms with Gasteiger partial charge in [0.05, 0.1) is 38.3 Å². The lowest BCUT2D eigenvalue weighted by Gasteiger charge is -2.21. The van der Waals surface area contributed by atoms with Crippen LogP contribution in [0.2, 0.25) is 0 Å². The molecule has 2 aromatic carbocycles. The Morgan fingerprint density at radius 3 is 2.41 bits per heavy atom. The molecule has 0 aliphatic rings. The van der Waals surface area contributed by atoms with E-state index >= 15 is 0 Å². The molecule has 0 bridgehead atoms. The van der Waals surface area contributed by atoms with Crippen molar-refractivity contribution in [2.45, 2.75) is 19.5 Å².